The molecular weight excluding hydrogens is 218 g/mol. The standard InChI is InChI=1S/C17H15N/c1-4-16(13(3)11-18)17-10-15-8-6-5-7-14(15)9-12(17)2/h1,5-11,18H,2-3H3/b16-13+,18-11?. The number of rotatable bonds is 2. The van der Waals surface area contributed by atoms with Crippen molar-refractivity contribution < 1.29 is 0 Å². The first-order chi connectivity index (χ1) is 8.67. The van der Waals surface area contributed by atoms with Crippen LogP contribution in [0.1, 0.15) is 18.1 Å². The zero-order valence-corrected chi connectivity index (χ0v) is 10.6. The van der Waals surface area contributed by atoms with Crippen molar-refractivity contribution in [1.82, 2.24) is 0 Å². The summed E-state index contributed by atoms with van der Waals surface area (Å²) in [6, 6.07) is 12.5. The summed E-state index contributed by atoms with van der Waals surface area (Å²) in [4.78, 5) is 0. The molecule has 1 nitrogen and oxygen atoms in total. The Balaban J connectivity index is 2.76. The number of terminal acetylenes is 1. The molecule has 0 aliphatic rings. The molecular formula is C17H15N. The van der Waals surface area contributed by atoms with Crippen molar-refractivity contribution in [1.29, 1.82) is 5.41 Å². The van der Waals surface area contributed by atoms with Crippen molar-refractivity contribution in [2.24, 2.45) is 0 Å². The second-order valence-corrected chi connectivity index (χ2v) is 4.36. The Hall–Kier alpha value is -2.33. The molecule has 0 aromatic heterocycles. The molecule has 0 spiro atoms. The third kappa shape index (κ3) is 2.06. The van der Waals surface area contributed by atoms with Crippen LogP contribution < -0.4 is 0 Å². The molecule has 0 unspecified atom stereocenters. The molecule has 0 aliphatic carbocycles. The van der Waals surface area contributed by atoms with E-state index in [1.165, 1.54) is 17.0 Å². The zero-order valence-electron chi connectivity index (χ0n) is 10.6. The highest BCUT2D eigenvalue weighted by Gasteiger charge is 2.07. The summed E-state index contributed by atoms with van der Waals surface area (Å²) in [6.45, 7) is 3.92. The molecule has 88 valence electrons. The van der Waals surface area contributed by atoms with Crippen LogP contribution in [0.5, 0.6) is 0 Å². The van der Waals surface area contributed by atoms with Crippen LogP contribution in [0.25, 0.3) is 16.3 Å². The second-order valence-electron chi connectivity index (χ2n) is 4.36. The van der Waals surface area contributed by atoms with E-state index in [2.05, 4.69) is 37.1 Å². The van der Waals surface area contributed by atoms with E-state index in [0.717, 1.165) is 22.3 Å². The Bertz CT molecular complexity index is 684. The fourth-order valence-corrected chi connectivity index (χ4v) is 2.10. The lowest BCUT2D eigenvalue weighted by molar-refractivity contribution is 1.44. The van der Waals surface area contributed by atoms with E-state index in [1.54, 1.807) is 0 Å². The quantitative estimate of drug-likeness (QED) is 0.593. The number of allylic oxidation sites excluding steroid dienone is 2. The Morgan fingerprint density at radius 3 is 2.39 bits per heavy atom. The van der Waals surface area contributed by atoms with Crippen molar-refractivity contribution in [3.63, 3.8) is 0 Å². The lowest BCUT2D eigenvalue weighted by atomic mass is 9.94. The molecule has 0 radical (unpaired) electrons. The van der Waals surface area contributed by atoms with Gasteiger partial charge in [-0.1, -0.05) is 36.3 Å². The van der Waals surface area contributed by atoms with Crippen LogP contribution in [-0.2, 0) is 0 Å². The maximum atomic E-state index is 7.35. The van der Waals surface area contributed by atoms with Gasteiger partial charge in [-0.3, -0.25) is 0 Å². The normalized spacial score (nSPS) is 11.8. The molecule has 0 saturated heterocycles. The Kier molecular flexibility index (Phi) is 3.30. The van der Waals surface area contributed by atoms with Gasteiger partial charge in [-0.15, -0.1) is 6.42 Å². The van der Waals surface area contributed by atoms with E-state index in [0.29, 0.717) is 0 Å². The van der Waals surface area contributed by atoms with Gasteiger partial charge in [0.15, 0.2) is 0 Å². The number of benzene rings is 2. The first-order valence-corrected chi connectivity index (χ1v) is 5.85. The molecule has 0 aliphatic heterocycles. The predicted octanol–water partition coefficient (Wildman–Crippen LogP) is 4.20. The van der Waals surface area contributed by atoms with Crippen LogP contribution in [0.15, 0.2) is 42.0 Å². The van der Waals surface area contributed by atoms with Crippen molar-refractivity contribution in [2.45, 2.75) is 13.8 Å². The summed E-state index contributed by atoms with van der Waals surface area (Å²) in [6.07, 6.45) is 6.89. The van der Waals surface area contributed by atoms with Gasteiger partial charge in [-0.2, -0.15) is 0 Å². The van der Waals surface area contributed by atoms with Crippen LogP contribution in [0.3, 0.4) is 0 Å². The van der Waals surface area contributed by atoms with E-state index < -0.39 is 0 Å². The Labute approximate surface area is 108 Å². The minimum Gasteiger partial charge on any atom is -0.308 e. The fraction of sp³-hybridized carbons (Fsp3) is 0.118. The van der Waals surface area contributed by atoms with Gasteiger partial charge >= 0.3 is 0 Å². The number of nitrogens with one attached hydrogen (secondary N) is 1. The van der Waals surface area contributed by atoms with Crippen LogP contribution >= 0.6 is 0 Å². The fourth-order valence-electron chi connectivity index (χ4n) is 2.10. The summed E-state index contributed by atoms with van der Waals surface area (Å²) in [5.41, 5.74) is 3.80. The number of aryl methyl sites for hydroxylation is 1. The highest BCUT2D eigenvalue weighted by molar-refractivity contribution is 5.98. The van der Waals surface area contributed by atoms with Gasteiger partial charge in [0.05, 0.1) is 0 Å². The van der Waals surface area contributed by atoms with Crippen LogP contribution in [0.2, 0.25) is 0 Å². The van der Waals surface area contributed by atoms with Crippen LogP contribution in [-0.4, -0.2) is 6.21 Å². The molecule has 2 rings (SSSR count). The number of hydrogen-bond donors (Lipinski definition) is 1. The van der Waals surface area contributed by atoms with E-state index in [1.807, 2.05) is 19.1 Å². The SMILES string of the molecule is C#C/C(=C(/C)C=N)c1cc2ccccc2cc1C. The molecule has 2 aromatic rings. The molecule has 1 heteroatoms. The van der Waals surface area contributed by atoms with E-state index in [-0.39, 0.29) is 0 Å². The Morgan fingerprint density at radius 1 is 1.22 bits per heavy atom. The lowest BCUT2D eigenvalue weighted by Gasteiger charge is -2.09. The summed E-state index contributed by atoms with van der Waals surface area (Å²) in [5.74, 6) is 2.70. The van der Waals surface area contributed by atoms with Crippen LogP contribution in [0.4, 0.5) is 0 Å². The zero-order chi connectivity index (χ0) is 13.1. The minimum absolute atomic E-state index is 0.799. The molecule has 0 bridgehead atoms. The largest absolute Gasteiger partial charge is 0.308 e. The predicted molar refractivity (Wildman–Crippen MR) is 78.9 cm³/mol. The van der Waals surface area contributed by atoms with Crippen molar-refractivity contribution in [3.8, 4) is 12.3 Å². The van der Waals surface area contributed by atoms with E-state index in [4.69, 9.17) is 11.8 Å². The minimum atomic E-state index is 0.799. The molecule has 2 aromatic carbocycles. The van der Waals surface area contributed by atoms with Gasteiger partial charge < -0.3 is 5.41 Å². The van der Waals surface area contributed by atoms with Gasteiger partial charge in [0.1, 0.15) is 0 Å². The maximum absolute atomic E-state index is 7.35. The van der Waals surface area contributed by atoms with Gasteiger partial charge in [-0.05, 0) is 47.4 Å². The topological polar surface area (TPSA) is 23.9 Å². The molecule has 0 heterocycles. The third-order valence-corrected chi connectivity index (χ3v) is 3.12. The Morgan fingerprint density at radius 2 is 1.83 bits per heavy atom. The second kappa shape index (κ2) is 4.89. The first-order valence-electron chi connectivity index (χ1n) is 5.85. The summed E-state index contributed by atoms with van der Waals surface area (Å²) < 4.78 is 0. The van der Waals surface area contributed by atoms with Gasteiger partial charge in [0.2, 0.25) is 0 Å². The third-order valence-electron chi connectivity index (χ3n) is 3.12. The number of fused-ring (bicyclic) bond motifs is 1. The lowest BCUT2D eigenvalue weighted by Crippen LogP contribution is -1.92. The summed E-state index contributed by atoms with van der Waals surface area (Å²) in [5, 5.41) is 9.73. The summed E-state index contributed by atoms with van der Waals surface area (Å²) >= 11 is 0. The molecule has 1 N–H and O–H groups in total. The highest BCUT2D eigenvalue weighted by Crippen LogP contribution is 2.26. The average Bonchev–Trinajstić information content (AvgIpc) is 2.39. The average molecular weight is 233 g/mol. The van der Waals surface area contributed by atoms with Crippen molar-refractivity contribution in [3.05, 3.63) is 53.1 Å². The first kappa shape index (κ1) is 12.1. The van der Waals surface area contributed by atoms with E-state index in [9.17, 15) is 0 Å². The van der Waals surface area contributed by atoms with Gasteiger partial charge in [-0.25, -0.2) is 0 Å². The number of hydrogen-bond acceptors (Lipinski definition) is 1. The monoisotopic (exact) mass is 233 g/mol. The smallest absolute Gasteiger partial charge is 0.0362 e. The molecule has 0 amide bonds. The van der Waals surface area contributed by atoms with Crippen molar-refractivity contribution in [2.75, 3.05) is 0 Å². The summed E-state index contributed by atoms with van der Waals surface area (Å²) in [7, 11) is 0. The van der Waals surface area contributed by atoms with Gasteiger partial charge in [0, 0.05) is 11.8 Å². The van der Waals surface area contributed by atoms with Crippen LogP contribution in [0, 0.1) is 24.7 Å². The molecule has 0 atom stereocenters. The van der Waals surface area contributed by atoms with Gasteiger partial charge in [0.25, 0.3) is 0 Å². The van der Waals surface area contributed by atoms with E-state index >= 15 is 0 Å². The maximum Gasteiger partial charge on any atom is 0.0362 e. The molecule has 18 heavy (non-hydrogen) atoms. The highest BCUT2D eigenvalue weighted by atomic mass is 14.3. The molecule has 0 saturated carbocycles. The molecule has 0 fully saturated rings. The van der Waals surface area contributed by atoms with Crippen molar-refractivity contribution >= 4 is 22.6 Å².